The minimum absolute atomic E-state index is 0.170. The second kappa shape index (κ2) is 6.14. The van der Waals surface area contributed by atoms with Crippen molar-refractivity contribution in [3.63, 3.8) is 0 Å². The number of carbonyl (C=O) groups is 1. The van der Waals surface area contributed by atoms with Gasteiger partial charge in [-0.3, -0.25) is 4.79 Å². The van der Waals surface area contributed by atoms with E-state index in [0.717, 1.165) is 0 Å². The molecule has 0 radical (unpaired) electrons. The third kappa shape index (κ3) is 3.15. The molecule has 0 aromatic heterocycles. The van der Waals surface area contributed by atoms with Gasteiger partial charge in [-0.15, -0.1) is 0 Å². The molecule has 0 N–H and O–H groups in total. The fourth-order valence-corrected chi connectivity index (χ4v) is 4.51. The number of ether oxygens (including phenoxy) is 1. The quantitative estimate of drug-likeness (QED) is 0.805. The van der Waals surface area contributed by atoms with Crippen molar-refractivity contribution in [2.75, 3.05) is 7.11 Å². The van der Waals surface area contributed by atoms with E-state index in [1.54, 1.807) is 12.1 Å². The first-order valence-electron chi connectivity index (χ1n) is 6.52. The molecule has 1 aromatic rings. The number of esters is 1. The van der Waals surface area contributed by atoms with E-state index >= 15 is 0 Å². The summed E-state index contributed by atoms with van der Waals surface area (Å²) in [5.74, 6) is -0.413. The van der Waals surface area contributed by atoms with Crippen LogP contribution in [0.5, 0.6) is 0 Å². The molecule has 0 saturated heterocycles. The smallest absolute Gasteiger partial charge is 0.308 e. The standard InChI is InChI=1S/C14H17ClO4S/c1-19-14(16)10-2-6-12(7-3-10)20(17,18)13-8-4-11(15)5-9-13/h4-5,8-10,12H,2-3,6-7H2,1H3. The van der Waals surface area contributed by atoms with E-state index in [-0.39, 0.29) is 11.9 Å². The summed E-state index contributed by atoms with van der Waals surface area (Å²) in [6.07, 6.45) is 2.10. The number of methoxy groups -OCH3 is 1. The predicted octanol–water partition coefficient (Wildman–Crippen LogP) is 2.85. The molecule has 1 aliphatic carbocycles. The topological polar surface area (TPSA) is 60.4 Å². The first kappa shape index (κ1) is 15.3. The largest absolute Gasteiger partial charge is 0.469 e. The van der Waals surface area contributed by atoms with Gasteiger partial charge in [0.2, 0.25) is 0 Å². The number of halogens is 1. The van der Waals surface area contributed by atoms with Gasteiger partial charge in [0.15, 0.2) is 9.84 Å². The molecule has 0 bridgehead atoms. The molecule has 6 heteroatoms. The molecule has 0 spiro atoms. The lowest BCUT2D eigenvalue weighted by atomic mass is 9.89. The van der Waals surface area contributed by atoms with Gasteiger partial charge in [0, 0.05) is 5.02 Å². The van der Waals surface area contributed by atoms with Crippen LogP contribution in [-0.4, -0.2) is 26.7 Å². The summed E-state index contributed by atoms with van der Waals surface area (Å²) >= 11 is 5.77. The van der Waals surface area contributed by atoms with E-state index in [1.165, 1.54) is 19.2 Å². The van der Waals surface area contributed by atoms with Crippen LogP contribution < -0.4 is 0 Å². The number of carbonyl (C=O) groups excluding carboxylic acids is 1. The van der Waals surface area contributed by atoms with Crippen molar-refractivity contribution in [1.29, 1.82) is 0 Å². The normalized spacial score (nSPS) is 23.3. The molecule has 2 rings (SSSR count). The Balaban J connectivity index is 2.09. The lowest BCUT2D eigenvalue weighted by Crippen LogP contribution is -2.30. The monoisotopic (exact) mass is 316 g/mol. The van der Waals surface area contributed by atoms with Gasteiger partial charge in [-0.1, -0.05) is 11.6 Å². The van der Waals surface area contributed by atoms with Crippen molar-refractivity contribution in [2.24, 2.45) is 5.92 Å². The molecule has 0 amide bonds. The zero-order chi connectivity index (χ0) is 14.8. The molecule has 1 aromatic carbocycles. The summed E-state index contributed by atoms with van der Waals surface area (Å²) in [5.41, 5.74) is 0. The van der Waals surface area contributed by atoms with Crippen LogP contribution in [0.4, 0.5) is 0 Å². The Morgan fingerprint density at radius 2 is 1.70 bits per heavy atom. The molecule has 110 valence electrons. The van der Waals surface area contributed by atoms with Gasteiger partial charge in [-0.2, -0.15) is 0 Å². The fraction of sp³-hybridized carbons (Fsp3) is 0.500. The van der Waals surface area contributed by atoms with Crippen molar-refractivity contribution >= 4 is 27.4 Å². The fourth-order valence-electron chi connectivity index (χ4n) is 2.59. The van der Waals surface area contributed by atoms with E-state index < -0.39 is 15.1 Å². The van der Waals surface area contributed by atoms with E-state index in [4.69, 9.17) is 16.3 Å². The number of sulfone groups is 1. The summed E-state index contributed by atoms with van der Waals surface area (Å²) in [6, 6.07) is 6.22. The van der Waals surface area contributed by atoms with E-state index in [0.29, 0.717) is 35.6 Å². The highest BCUT2D eigenvalue weighted by Crippen LogP contribution is 2.32. The summed E-state index contributed by atoms with van der Waals surface area (Å²) in [6.45, 7) is 0. The van der Waals surface area contributed by atoms with Crippen LogP contribution in [0.3, 0.4) is 0 Å². The van der Waals surface area contributed by atoms with Crippen molar-refractivity contribution < 1.29 is 17.9 Å². The van der Waals surface area contributed by atoms with Gasteiger partial charge in [0.05, 0.1) is 23.2 Å². The Morgan fingerprint density at radius 3 is 2.20 bits per heavy atom. The number of hydrogen-bond donors (Lipinski definition) is 0. The van der Waals surface area contributed by atoms with Gasteiger partial charge in [-0.05, 0) is 49.9 Å². The SMILES string of the molecule is COC(=O)C1CCC(S(=O)(=O)c2ccc(Cl)cc2)CC1. The highest BCUT2D eigenvalue weighted by Gasteiger charge is 2.34. The highest BCUT2D eigenvalue weighted by molar-refractivity contribution is 7.92. The average molecular weight is 317 g/mol. The third-order valence-electron chi connectivity index (χ3n) is 3.79. The van der Waals surface area contributed by atoms with E-state index in [2.05, 4.69) is 0 Å². The zero-order valence-electron chi connectivity index (χ0n) is 11.2. The molecule has 4 nitrogen and oxygen atoms in total. The maximum absolute atomic E-state index is 12.5. The molecule has 0 atom stereocenters. The van der Waals surface area contributed by atoms with Crippen molar-refractivity contribution in [1.82, 2.24) is 0 Å². The van der Waals surface area contributed by atoms with Crippen molar-refractivity contribution in [2.45, 2.75) is 35.8 Å². The van der Waals surface area contributed by atoms with Crippen molar-refractivity contribution in [3.8, 4) is 0 Å². The van der Waals surface area contributed by atoms with Gasteiger partial charge >= 0.3 is 5.97 Å². The molecular weight excluding hydrogens is 300 g/mol. The summed E-state index contributed by atoms with van der Waals surface area (Å²) in [7, 11) is -1.99. The molecule has 20 heavy (non-hydrogen) atoms. The molecular formula is C14H17ClO4S. The predicted molar refractivity (Wildman–Crippen MR) is 76.4 cm³/mol. The Hall–Kier alpha value is -1.07. The molecule has 1 fully saturated rings. The highest BCUT2D eigenvalue weighted by atomic mass is 35.5. The van der Waals surface area contributed by atoms with Gasteiger partial charge in [0.1, 0.15) is 0 Å². The van der Waals surface area contributed by atoms with Crippen LogP contribution in [0.25, 0.3) is 0 Å². The average Bonchev–Trinajstić information content (AvgIpc) is 2.47. The molecule has 0 aliphatic heterocycles. The number of hydrogen-bond acceptors (Lipinski definition) is 4. The van der Waals surface area contributed by atoms with Gasteiger partial charge < -0.3 is 4.74 Å². The third-order valence-corrected chi connectivity index (χ3v) is 6.32. The number of benzene rings is 1. The van der Waals surface area contributed by atoms with Crippen LogP contribution in [0.2, 0.25) is 5.02 Å². The lowest BCUT2D eigenvalue weighted by molar-refractivity contribution is -0.146. The Labute approximate surface area is 124 Å². The Kier molecular flexibility index (Phi) is 4.70. The Bertz CT molecular complexity index is 572. The summed E-state index contributed by atoms with van der Waals surface area (Å²) in [5, 5.41) is 0.0860. The maximum atomic E-state index is 12.5. The van der Waals surface area contributed by atoms with Crippen LogP contribution in [0.15, 0.2) is 29.2 Å². The first-order valence-corrected chi connectivity index (χ1v) is 8.45. The molecule has 1 saturated carbocycles. The van der Waals surface area contributed by atoms with Crippen LogP contribution in [-0.2, 0) is 19.4 Å². The second-order valence-corrected chi connectivity index (χ2v) is 7.66. The van der Waals surface area contributed by atoms with Gasteiger partial charge in [0.25, 0.3) is 0 Å². The summed E-state index contributed by atoms with van der Waals surface area (Å²) < 4.78 is 29.7. The zero-order valence-corrected chi connectivity index (χ0v) is 12.8. The van der Waals surface area contributed by atoms with Crippen LogP contribution >= 0.6 is 11.6 Å². The minimum Gasteiger partial charge on any atom is -0.469 e. The molecule has 0 unspecified atom stereocenters. The van der Waals surface area contributed by atoms with Gasteiger partial charge in [-0.25, -0.2) is 8.42 Å². The minimum atomic E-state index is -3.35. The van der Waals surface area contributed by atoms with Crippen molar-refractivity contribution in [3.05, 3.63) is 29.3 Å². The molecule has 1 aliphatic rings. The van der Waals surface area contributed by atoms with E-state index in [9.17, 15) is 13.2 Å². The van der Waals surface area contributed by atoms with Crippen LogP contribution in [0.1, 0.15) is 25.7 Å². The molecule has 0 heterocycles. The van der Waals surface area contributed by atoms with E-state index in [1.807, 2.05) is 0 Å². The number of rotatable bonds is 3. The second-order valence-electron chi connectivity index (χ2n) is 5.00. The maximum Gasteiger partial charge on any atom is 0.308 e. The van der Waals surface area contributed by atoms with Crippen LogP contribution in [0, 0.1) is 5.92 Å². The Morgan fingerprint density at radius 1 is 1.15 bits per heavy atom. The summed E-state index contributed by atoms with van der Waals surface area (Å²) in [4.78, 5) is 11.7. The lowest BCUT2D eigenvalue weighted by Gasteiger charge is -2.26. The first-order chi connectivity index (χ1) is 9.45.